The molecule has 2 heterocycles. The lowest BCUT2D eigenvalue weighted by Gasteiger charge is -2.15. The summed E-state index contributed by atoms with van der Waals surface area (Å²) in [6.07, 6.45) is -8.55. The van der Waals surface area contributed by atoms with Crippen LogP contribution in [0.1, 0.15) is 43.0 Å². The molecule has 38 heavy (non-hydrogen) atoms. The summed E-state index contributed by atoms with van der Waals surface area (Å²) in [5.41, 5.74) is 1.55. The van der Waals surface area contributed by atoms with Gasteiger partial charge in [-0.2, -0.15) is 31.4 Å². The van der Waals surface area contributed by atoms with E-state index in [0.29, 0.717) is 34.3 Å². The number of alkyl halides is 6. The fourth-order valence-corrected chi connectivity index (χ4v) is 4.25. The van der Waals surface area contributed by atoms with E-state index >= 15 is 0 Å². The van der Waals surface area contributed by atoms with Gasteiger partial charge in [-0.25, -0.2) is 5.43 Å². The van der Waals surface area contributed by atoms with Crippen LogP contribution < -0.4 is 10.7 Å². The van der Waals surface area contributed by atoms with Gasteiger partial charge in [0.2, 0.25) is 0 Å². The van der Waals surface area contributed by atoms with Gasteiger partial charge >= 0.3 is 12.4 Å². The number of aromatic nitrogens is 1. The normalized spacial score (nSPS) is 13.4. The van der Waals surface area contributed by atoms with Crippen molar-refractivity contribution in [3.05, 3.63) is 94.0 Å². The highest BCUT2D eigenvalue weighted by molar-refractivity contribution is 6.18. The molecule has 4 aromatic rings. The Balaban J connectivity index is 1.50. The molecule has 0 saturated carbocycles. The first-order chi connectivity index (χ1) is 17.9. The predicted molar refractivity (Wildman–Crippen MR) is 126 cm³/mol. The van der Waals surface area contributed by atoms with Gasteiger partial charge in [-0.1, -0.05) is 30.3 Å². The fraction of sp³-hybridized carbons (Fsp3) is 0.115. The minimum absolute atomic E-state index is 0.0147. The Morgan fingerprint density at radius 3 is 2.18 bits per heavy atom. The Labute approximate surface area is 210 Å². The third-order valence-electron chi connectivity index (χ3n) is 5.97. The number of carbonyl (C=O) groups excluding carboxylic acids is 2. The van der Waals surface area contributed by atoms with E-state index in [1.54, 1.807) is 0 Å². The van der Waals surface area contributed by atoms with Crippen molar-refractivity contribution in [1.29, 1.82) is 0 Å². The zero-order valence-electron chi connectivity index (χ0n) is 19.1. The fourth-order valence-electron chi connectivity index (χ4n) is 4.25. The second kappa shape index (κ2) is 9.05. The van der Waals surface area contributed by atoms with E-state index in [-0.39, 0.29) is 22.8 Å². The highest BCUT2D eigenvalue weighted by Gasteiger charge is 2.37. The van der Waals surface area contributed by atoms with Gasteiger partial charge in [-0.3, -0.25) is 9.59 Å². The lowest BCUT2D eigenvalue weighted by molar-refractivity contribution is -0.143. The van der Waals surface area contributed by atoms with E-state index in [4.69, 9.17) is 0 Å². The largest absolute Gasteiger partial charge is 0.416 e. The summed E-state index contributed by atoms with van der Waals surface area (Å²) in [4.78, 5) is 28.8. The first kappa shape index (κ1) is 25.1. The summed E-state index contributed by atoms with van der Waals surface area (Å²) >= 11 is 0. The zero-order valence-corrected chi connectivity index (χ0v) is 19.1. The minimum Gasteiger partial charge on any atom is -0.354 e. The second-order valence-electron chi connectivity index (χ2n) is 8.52. The molecule has 0 saturated heterocycles. The Hall–Kier alpha value is -4.61. The van der Waals surface area contributed by atoms with Crippen molar-refractivity contribution in [2.75, 3.05) is 0 Å². The molecule has 0 radical (unpaired) electrons. The van der Waals surface area contributed by atoms with Gasteiger partial charge in [0, 0.05) is 28.6 Å². The summed E-state index contributed by atoms with van der Waals surface area (Å²) in [6, 6.07) is 13.0. The van der Waals surface area contributed by atoms with Gasteiger partial charge in [0.25, 0.3) is 11.8 Å². The SMILES string of the molecule is O=C(NCc1cc(C(F)(F)F)cc(C(F)(F)F)c1)c1cc2c3c(c(-c4ccccc4)[nH]c3c1)C=NNC2=O. The number of hydrogen-bond donors (Lipinski definition) is 3. The van der Waals surface area contributed by atoms with Crippen molar-refractivity contribution in [2.24, 2.45) is 5.10 Å². The van der Waals surface area contributed by atoms with Crippen LogP contribution in [-0.4, -0.2) is 23.0 Å². The van der Waals surface area contributed by atoms with Crippen molar-refractivity contribution in [3.8, 4) is 11.3 Å². The number of H-pyrrole nitrogens is 1. The summed E-state index contributed by atoms with van der Waals surface area (Å²) < 4.78 is 78.9. The van der Waals surface area contributed by atoms with Gasteiger partial charge < -0.3 is 10.3 Å². The van der Waals surface area contributed by atoms with Crippen molar-refractivity contribution in [1.82, 2.24) is 15.7 Å². The summed E-state index contributed by atoms with van der Waals surface area (Å²) in [5, 5.41) is 6.77. The van der Waals surface area contributed by atoms with Crippen LogP contribution in [0, 0.1) is 0 Å². The maximum atomic E-state index is 13.2. The number of rotatable bonds is 4. The summed E-state index contributed by atoms with van der Waals surface area (Å²) in [6.45, 7) is -0.611. The van der Waals surface area contributed by atoms with Crippen molar-refractivity contribution in [3.63, 3.8) is 0 Å². The molecule has 0 bridgehead atoms. The molecule has 0 unspecified atom stereocenters. The molecule has 12 heteroatoms. The smallest absolute Gasteiger partial charge is 0.354 e. The molecule has 1 aliphatic rings. The maximum Gasteiger partial charge on any atom is 0.416 e. The van der Waals surface area contributed by atoms with Gasteiger partial charge in [0.05, 0.1) is 28.6 Å². The number of hydrogen-bond acceptors (Lipinski definition) is 3. The number of benzene rings is 3. The van der Waals surface area contributed by atoms with E-state index in [9.17, 15) is 35.9 Å². The maximum absolute atomic E-state index is 13.2. The number of carbonyl (C=O) groups is 2. The number of aromatic amines is 1. The average Bonchev–Trinajstić information content (AvgIpc) is 3.15. The van der Waals surface area contributed by atoms with Crippen LogP contribution in [0.5, 0.6) is 0 Å². The van der Waals surface area contributed by atoms with Crippen molar-refractivity contribution in [2.45, 2.75) is 18.9 Å². The number of nitrogens with zero attached hydrogens (tertiary/aromatic N) is 1. The molecule has 2 amide bonds. The lowest BCUT2D eigenvalue weighted by atomic mass is 9.99. The van der Waals surface area contributed by atoms with Crippen LogP contribution in [-0.2, 0) is 18.9 Å². The third kappa shape index (κ3) is 4.72. The van der Waals surface area contributed by atoms with Crippen LogP contribution in [0.3, 0.4) is 0 Å². The molecule has 194 valence electrons. The van der Waals surface area contributed by atoms with Crippen molar-refractivity contribution < 1.29 is 35.9 Å². The first-order valence-corrected chi connectivity index (χ1v) is 11.1. The molecule has 0 atom stereocenters. The van der Waals surface area contributed by atoms with Crippen LogP contribution in [0.25, 0.3) is 22.2 Å². The van der Waals surface area contributed by atoms with Gasteiger partial charge in [0.1, 0.15) is 0 Å². The number of hydrazone groups is 1. The highest BCUT2D eigenvalue weighted by Crippen LogP contribution is 2.37. The van der Waals surface area contributed by atoms with E-state index < -0.39 is 41.8 Å². The first-order valence-electron chi connectivity index (χ1n) is 11.1. The monoisotopic (exact) mass is 530 g/mol. The molecular formula is C26H16F6N4O2. The molecular weight excluding hydrogens is 514 g/mol. The Morgan fingerprint density at radius 1 is 0.895 bits per heavy atom. The van der Waals surface area contributed by atoms with E-state index in [2.05, 4.69) is 20.8 Å². The third-order valence-corrected chi connectivity index (χ3v) is 5.97. The second-order valence-corrected chi connectivity index (χ2v) is 8.52. The Morgan fingerprint density at radius 2 is 1.55 bits per heavy atom. The molecule has 0 spiro atoms. The van der Waals surface area contributed by atoms with Crippen LogP contribution in [0.15, 0.2) is 65.8 Å². The van der Waals surface area contributed by atoms with Crippen LogP contribution in [0.4, 0.5) is 26.3 Å². The zero-order chi connectivity index (χ0) is 27.2. The quantitative estimate of drug-likeness (QED) is 0.288. The summed E-state index contributed by atoms with van der Waals surface area (Å²) in [7, 11) is 0. The molecule has 0 fully saturated rings. The number of amides is 2. The molecule has 0 aliphatic carbocycles. The number of halogens is 6. The lowest BCUT2D eigenvalue weighted by Crippen LogP contribution is -2.24. The van der Waals surface area contributed by atoms with E-state index in [1.807, 2.05) is 30.3 Å². The molecule has 5 rings (SSSR count). The standard InChI is InChI=1S/C26H16F6N4O2/c27-25(28,29)16-6-13(7-17(10-16)26(30,31)32)11-33-23(37)15-8-18-21-19(12-34-36-24(18)38)22(35-20(21)9-15)14-4-2-1-3-5-14/h1-10,12,35H,11H2,(H,33,37)(H,36,38). The molecule has 3 N–H and O–H groups in total. The van der Waals surface area contributed by atoms with Gasteiger partial charge in [-0.15, -0.1) is 0 Å². The summed E-state index contributed by atoms with van der Waals surface area (Å²) in [5.74, 6) is -1.39. The van der Waals surface area contributed by atoms with E-state index in [1.165, 1.54) is 18.3 Å². The van der Waals surface area contributed by atoms with E-state index in [0.717, 1.165) is 5.56 Å². The van der Waals surface area contributed by atoms with Crippen LogP contribution >= 0.6 is 0 Å². The van der Waals surface area contributed by atoms with Crippen LogP contribution in [0.2, 0.25) is 0 Å². The minimum atomic E-state index is -5.01. The highest BCUT2D eigenvalue weighted by atomic mass is 19.4. The molecule has 3 aromatic carbocycles. The topological polar surface area (TPSA) is 86.3 Å². The van der Waals surface area contributed by atoms with Gasteiger partial charge in [-0.05, 0) is 41.5 Å². The Kier molecular flexibility index (Phi) is 5.97. The predicted octanol–water partition coefficient (Wildman–Crippen LogP) is 5.88. The molecule has 1 aromatic heterocycles. The molecule has 1 aliphatic heterocycles. The molecule has 6 nitrogen and oxygen atoms in total. The number of nitrogens with one attached hydrogen (secondary N) is 3. The Bertz CT molecular complexity index is 1570. The van der Waals surface area contributed by atoms with Gasteiger partial charge in [0.15, 0.2) is 0 Å². The van der Waals surface area contributed by atoms with Crippen molar-refractivity contribution >= 4 is 28.9 Å². The average molecular weight is 530 g/mol.